The lowest BCUT2D eigenvalue weighted by molar-refractivity contribution is 0.0465. The summed E-state index contributed by atoms with van der Waals surface area (Å²) in [6.07, 6.45) is 1.17. The highest BCUT2D eigenvalue weighted by Crippen LogP contribution is 2.36. The maximum atomic E-state index is 13.0. The summed E-state index contributed by atoms with van der Waals surface area (Å²) in [5.41, 5.74) is 7.21. The maximum Gasteiger partial charge on any atom is 0.355 e. The van der Waals surface area contributed by atoms with Crippen molar-refractivity contribution >= 4 is 11.8 Å². The predicted molar refractivity (Wildman–Crippen MR) is 126 cm³/mol. The second-order valence-corrected chi connectivity index (χ2v) is 9.94. The number of benzene rings is 2. The van der Waals surface area contributed by atoms with Gasteiger partial charge < -0.3 is 9.72 Å². The minimum atomic E-state index is -0.420. The number of rotatable bonds is 4. The molecule has 166 valence electrons. The Kier molecular flexibility index (Phi) is 5.81. The third-order valence-electron chi connectivity index (χ3n) is 6.43. The van der Waals surface area contributed by atoms with Crippen molar-refractivity contribution in [1.82, 2.24) is 4.98 Å². The highest BCUT2D eigenvalue weighted by atomic mass is 16.5. The number of carbonyl (C=O) groups excluding carboxylic acids is 2. The van der Waals surface area contributed by atoms with Gasteiger partial charge >= 0.3 is 5.97 Å². The second kappa shape index (κ2) is 8.42. The summed E-state index contributed by atoms with van der Waals surface area (Å²) in [6, 6.07) is 16.5. The van der Waals surface area contributed by atoms with Gasteiger partial charge in [-0.2, -0.15) is 0 Å². The first-order chi connectivity index (χ1) is 15.1. The van der Waals surface area contributed by atoms with E-state index in [0.29, 0.717) is 29.7 Å². The first kappa shape index (κ1) is 22.1. The van der Waals surface area contributed by atoms with Crippen molar-refractivity contribution in [3.8, 4) is 0 Å². The summed E-state index contributed by atoms with van der Waals surface area (Å²) in [5, 5.41) is 0. The van der Waals surface area contributed by atoms with Crippen LogP contribution < -0.4 is 0 Å². The Balaban J connectivity index is 1.51. The van der Waals surface area contributed by atoms with Crippen LogP contribution in [0.5, 0.6) is 0 Å². The van der Waals surface area contributed by atoms with E-state index in [0.717, 1.165) is 22.4 Å². The molecule has 4 rings (SSSR count). The van der Waals surface area contributed by atoms with Crippen molar-refractivity contribution < 1.29 is 14.3 Å². The fourth-order valence-corrected chi connectivity index (χ4v) is 4.43. The van der Waals surface area contributed by atoms with E-state index in [1.54, 1.807) is 0 Å². The summed E-state index contributed by atoms with van der Waals surface area (Å²) in [4.78, 5) is 29.0. The van der Waals surface area contributed by atoms with Gasteiger partial charge in [-0.15, -0.1) is 0 Å². The largest absolute Gasteiger partial charge is 0.456 e. The number of aromatic amines is 1. The zero-order chi connectivity index (χ0) is 23.0. The monoisotopic (exact) mass is 429 g/mol. The molecule has 2 aromatic carbocycles. The van der Waals surface area contributed by atoms with Gasteiger partial charge in [-0.05, 0) is 53.9 Å². The number of nitrogens with one attached hydrogen (secondary N) is 1. The van der Waals surface area contributed by atoms with E-state index in [9.17, 15) is 9.59 Å². The van der Waals surface area contributed by atoms with Crippen LogP contribution in [0.2, 0.25) is 0 Å². The smallest absolute Gasteiger partial charge is 0.355 e. The summed E-state index contributed by atoms with van der Waals surface area (Å²) in [7, 11) is 0. The van der Waals surface area contributed by atoms with Gasteiger partial charge in [-0.3, -0.25) is 4.79 Å². The number of hydrogen-bond acceptors (Lipinski definition) is 3. The molecule has 4 heteroatoms. The first-order valence-electron chi connectivity index (χ1n) is 11.2. The van der Waals surface area contributed by atoms with Gasteiger partial charge in [0.25, 0.3) is 0 Å². The van der Waals surface area contributed by atoms with E-state index >= 15 is 0 Å². The third-order valence-corrected chi connectivity index (χ3v) is 6.43. The molecule has 3 aromatic rings. The van der Waals surface area contributed by atoms with Gasteiger partial charge in [-0.25, -0.2) is 4.79 Å². The Labute approximate surface area is 190 Å². The van der Waals surface area contributed by atoms with Crippen LogP contribution in [0.4, 0.5) is 0 Å². The maximum absolute atomic E-state index is 13.0. The number of aryl methyl sites for hydroxylation is 1. The van der Waals surface area contributed by atoms with Crippen LogP contribution in [0.3, 0.4) is 0 Å². The Bertz CT molecular complexity index is 1150. The van der Waals surface area contributed by atoms with Crippen LogP contribution in [0.1, 0.15) is 87.5 Å². The zero-order valence-electron chi connectivity index (χ0n) is 19.5. The molecule has 1 aliphatic carbocycles. The fraction of sp³-hybridized carbons (Fsp3) is 0.357. The van der Waals surface area contributed by atoms with Crippen LogP contribution in [0.15, 0.2) is 48.5 Å². The van der Waals surface area contributed by atoms with Gasteiger partial charge in [0.15, 0.2) is 5.78 Å². The van der Waals surface area contributed by atoms with Crippen molar-refractivity contribution in [2.45, 2.75) is 65.4 Å². The van der Waals surface area contributed by atoms with Gasteiger partial charge in [0.2, 0.25) is 0 Å². The van der Waals surface area contributed by atoms with Gasteiger partial charge in [-0.1, -0.05) is 74.9 Å². The molecule has 0 spiro atoms. The molecule has 0 saturated carbocycles. The summed E-state index contributed by atoms with van der Waals surface area (Å²) >= 11 is 0. The molecule has 0 fully saturated rings. The number of hydrogen-bond donors (Lipinski definition) is 1. The molecule has 4 nitrogen and oxygen atoms in total. The van der Waals surface area contributed by atoms with Gasteiger partial charge in [0.1, 0.15) is 12.3 Å². The Morgan fingerprint density at radius 3 is 2.28 bits per heavy atom. The summed E-state index contributed by atoms with van der Waals surface area (Å²) in [5.74, 6) is -0.225. The van der Waals surface area contributed by atoms with Gasteiger partial charge in [0.05, 0.1) is 0 Å². The van der Waals surface area contributed by atoms with E-state index in [1.807, 2.05) is 38.1 Å². The lowest BCUT2D eigenvalue weighted by Gasteiger charge is -2.24. The van der Waals surface area contributed by atoms with Crippen LogP contribution in [-0.4, -0.2) is 16.7 Å². The highest BCUT2D eigenvalue weighted by Gasteiger charge is 2.32. The van der Waals surface area contributed by atoms with Crippen molar-refractivity contribution in [1.29, 1.82) is 0 Å². The van der Waals surface area contributed by atoms with E-state index in [4.69, 9.17) is 4.74 Å². The lowest BCUT2D eigenvalue weighted by Crippen LogP contribution is -2.19. The van der Waals surface area contributed by atoms with E-state index < -0.39 is 5.97 Å². The fourth-order valence-electron chi connectivity index (χ4n) is 4.43. The van der Waals surface area contributed by atoms with E-state index in [1.165, 1.54) is 5.56 Å². The molecular weight excluding hydrogens is 398 g/mol. The predicted octanol–water partition coefficient (Wildman–Crippen LogP) is 6.20. The molecule has 0 aliphatic heterocycles. The number of carbonyl (C=O) groups is 2. The zero-order valence-corrected chi connectivity index (χ0v) is 19.5. The van der Waals surface area contributed by atoms with Crippen LogP contribution in [0.25, 0.3) is 0 Å². The van der Waals surface area contributed by atoms with E-state index in [-0.39, 0.29) is 23.7 Å². The number of ether oxygens (including phenoxy) is 1. The van der Waals surface area contributed by atoms with Crippen molar-refractivity contribution in [2.75, 3.05) is 0 Å². The van der Waals surface area contributed by atoms with E-state index in [2.05, 4.69) is 50.0 Å². The molecule has 0 radical (unpaired) electrons. The average molecular weight is 430 g/mol. The first-order valence-corrected chi connectivity index (χ1v) is 11.2. The summed E-state index contributed by atoms with van der Waals surface area (Å²) in [6.45, 7) is 10.6. The number of aromatic nitrogens is 1. The lowest BCUT2D eigenvalue weighted by atomic mass is 9.80. The van der Waals surface area contributed by atoms with Crippen LogP contribution in [-0.2, 0) is 23.2 Å². The minimum absolute atomic E-state index is 0.0856. The quantitative estimate of drug-likeness (QED) is 0.502. The summed E-state index contributed by atoms with van der Waals surface area (Å²) < 4.78 is 5.52. The second-order valence-electron chi connectivity index (χ2n) is 9.94. The Hall–Kier alpha value is -3.14. The molecule has 1 atom stereocenters. The van der Waals surface area contributed by atoms with Gasteiger partial charge in [0, 0.05) is 17.7 Å². The minimum Gasteiger partial charge on any atom is -0.456 e. The Morgan fingerprint density at radius 2 is 1.66 bits per heavy atom. The SMILES string of the molecule is Cc1ccc(COC(=O)c2[nH]c3c(c2C)C(=O)C[C@H](c2ccc(C(C)(C)C)cc2)C3)cc1. The molecule has 0 amide bonds. The normalized spacial score (nSPS) is 16.0. The van der Waals surface area contributed by atoms with Crippen molar-refractivity contribution in [3.05, 3.63) is 93.3 Å². The topological polar surface area (TPSA) is 59.2 Å². The molecule has 0 unspecified atom stereocenters. The number of H-pyrrole nitrogens is 1. The highest BCUT2D eigenvalue weighted by molar-refractivity contribution is 6.03. The molecule has 0 saturated heterocycles. The van der Waals surface area contributed by atoms with Crippen molar-refractivity contribution in [2.24, 2.45) is 0 Å². The van der Waals surface area contributed by atoms with Crippen LogP contribution >= 0.6 is 0 Å². The average Bonchev–Trinajstić information content (AvgIpc) is 3.09. The number of esters is 1. The standard InChI is InChI=1S/C28H31NO3/c1-17-6-8-19(9-7-17)16-32-27(31)26-18(2)25-23(29-26)14-21(15-24(25)30)20-10-12-22(13-11-20)28(3,4)5/h6-13,21,29H,14-16H2,1-5H3/t21-/m1/s1. The molecular formula is C28H31NO3. The number of Topliss-reactive ketones (excluding diaryl/α,β-unsaturated/α-hetero) is 1. The molecule has 1 aliphatic rings. The molecule has 0 bridgehead atoms. The third kappa shape index (κ3) is 4.40. The number of ketones is 1. The molecule has 32 heavy (non-hydrogen) atoms. The van der Waals surface area contributed by atoms with Crippen LogP contribution in [0, 0.1) is 13.8 Å². The van der Waals surface area contributed by atoms with Crippen molar-refractivity contribution in [3.63, 3.8) is 0 Å². The molecule has 1 aromatic heterocycles. The number of fused-ring (bicyclic) bond motifs is 1. The molecule has 1 N–H and O–H groups in total. The Morgan fingerprint density at radius 1 is 1.00 bits per heavy atom. The molecule has 1 heterocycles.